The van der Waals surface area contributed by atoms with Crippen molar-refractivity contribution >= 4 is 5.65 Å². The summed E-state index contributed by atoms with van der Waals surface area (Å²) in [5, 5.41) is 14.1. The first-order chi connectivity index (χ1) is 8.65. The lowest BCUT2D eigenvalue weighted by atomic mass is 10.2. The average molecular weight is 240 g/mol. The molecule has 0 saturated carbocycles. The third kappa shape index (κ3) is 1.60. The molecule has 0 spiro atoms. The van der Waals surface area contributed by atoms with Crippen molar-refractivity contribution in [3.63, 3.8) is 0 Å². The lowest BCUT2D eigenvalue weighted by Crippen LogP contribution is -2.02. The fourth-order valence-electron chi connectivity index (χ4n) is 1.92. The quantitative estimate of drug-likeness (QED) is 0.707. The standard InChI is InChI=1S/C13H12N4O/c1-8-7-12-15-13(14-9(2)17(12)16-8)10-5-3-4-6-11(10)18/h3-7,18H,1-2H3. The molecule has 0 aliphatic rings. The number of para-hydroxylation sites is 1. The Morgan fingerprint density at radius 1 is 1.11 bits per heavy atom. The highest BCUT2D eigenvalue weighted by Crippen LogP contribution is 2.26. The monoisotopic (exact) mass is 240 g/mol. The Morgan fingerprint density at radius 3 is 2.67 bits per heavy atom. The van der Waals surface area contributed by atoms with Crippen LogP contribution in [0.15, 0.2) is 30.3 Å². The van der Waals surface area contributed by atoms with Crippen LogP contribution in [0.2, 0.25) is 0 Å². The molecular weight excluding hydrogens is 228 g/mol. The van der Waals surface area contributed by atoms with E-state index < -0.39 is 0 Å². The van der Waals surface area contributed by atoms with Gasteiger partial charge in [-0.3, -0.25) is 0 Å². The van der Waals surface area contributed by atoms with Crippen LogP contribution in [0.1, 0.15) is 11.5 Å². The average Bonchev–Trinajstić information content (AvgIpc) is 2.71. The number of benzene rings is 1. The van der Waals surface area contributed by atoms with Crippen molar-refractivity contribution in [1.82, 2.24) is 19.6 Å². The van der Waals surface area contributed by atoms with E-state index in [1.807, 2.05) is 26.0 Å². The molecule has 5 heteroatoms. The van der Waals surface area contributed by atoms with Crippen LogP contribution < -0.4 is 0 Å². The van der Waals surface area contributed by atoms with Crippen molar-refractivity contribution in [3.8, 4) is 17.1 Å². The zero-order chi connectivity index (χ0) is 12.7. The van der Waals surface area contributed by atoms with Gasteiger partial charge in [0, 0.05) is 6.07 Å². The molecule has 0 atom stereocenters. The fraction of sp³-hybridized carbons (Fsp3) is 0.154. The Balaban J connectivity index is 2.28. The van der Waals surface area contributed by atoms with E-state index in [-0.39, 0.29) is 5.75 Å². The highest BCUT2D eigenvalue weighted by molar-refractivity contribution is 5.64. The fourth-order valence-corrected chi connectivity index (χ4v) is 1.92. The van der Waals surface area contributed by atoms with Crippen LogP contribution in [0.5, 0.6) is 5.75 Å². The summed E-state index contributed by atoms with van der Waals surface area (Å²) < 4.78 is 1.69. The minimum atomic E-state index is 0.178. The number of aromatic nitrogens is 4. The second-order valence-corrected chi connectivity index (χ2v) is 4.17. The highest BCUT2D eigenvalue weighted by atomic mass is 16.3. The van der Waals surface area contributed by atoms with Crippen LogP contribution >= 0.6 is 0 Å². The third-order valence-corrected chi connectivity index (χ3v) is 2.75. The number of phenolic OH excluding ortho intramolecular Hbond substituents is 1. The van der Waals surface area contributed by atoms with Gasteiger partial charge in [-0.25, -0.2) is 14.5 Å². The first-order valence-electron chi connectivity index (χ1n) is 5.64. The molecule has 0 aliphatic carbocycles. The summed E-state index contributed by atoms with van der Waals surface area (Å²) in [6.07, 6.45) is 0. The van der Waals surface area contributed by atoms with Crippen molar-refractivity contribution in [2.24, 2.45) is 0 Å². The van der Waals surface area contributed by atoms with Crippen LogP contribution in [-0.2, 0) is 0 Å². The molecule has 0 bridgehead atoms. The molecule has 0 amide bonds. The molecule has 0 unspecified atom stereocenters. The number of nitrogens with zero attached hydrogens (tertiary/aromatic N) is 4. The molecule has 0 radical (unpaired) electrons. The van der Waals surface area contributed by atoms with Gasteiger partial charge in [0.1, 0.15) is 11.6 Å². The summed E-state index contributed by atoms with van der Waals surface area (Å²) in [6, 6.07) is 8.93. The van der Waals surface area contributed by atoms with E-state index in [0.29, 0.717) is 11.4 Å². The van der Waals surface area contributed by atoms with Gasteiger partial charge in [-0.05, 0) is 26.0 Å². The molecule has 1 N–H and O–H groups in total. The number of hydrogen-bond acceptors (Lipinski definition) is 4. The van der Waals surface area contributed by atoms with E-state index in [9.17, 15) is 5.11 Å². The smallest absolute Gasteiger partial charge is 0.167 e. The Kier molecular flexibility index (Phi) is 2.26. The zero-order valence-electron chi connectivity index (χ0n) is 10.1. The molecular formula is C13H12N4O. The predicted octanol–water partition coefficient (Wildman–Crippen LogP) is 2.11. The van der Waals surface area contributed by atoms with E-state index >= 15 is 0 Å². The maximum atomic E-state index is 9.83. The van der Waals surface area contributed by atoms with Gasteiger partial charge in [0.2, 0.25) is 0 Å². The van der Waals surface area contributed by atoms with E-state index in [0.717, 1.165) is 17.2 Å². The number of hydrogen-bond donors (Lipinski definition) is 1. The normalized spacial score (nSPS) is 11.0. The first kappa shape index (κ1) is 10.7. The molecule has 5 nitrogen and oxygen atoms in total. The molecule has 1 aromatic carbocycles. The summed E-state index contributed by atoms with van der Waals surface area (Å²) >= 11 is 0. The maximum absolute atomic E-state index is 9.83. The molecule has 0 saturated heterocycles. The molecule has 2 heterocycles. The summed E-state index contributed by atoms with van der Waals surface area (Å²) in [4.78, 5) is 8.79. The Bertz CT molecular complexity index is 733. The molecule has 0 fully saturated rings. The summed E-state index contributed by atoms with van der Waals surface area (Å²) in [7, 11) is 0. The molecule has 18 heavy (non-hydrogen) atoms. The van der Waals surface area contributed by atoms with E-state index in [1.165, 1.54) is 0 Å². The van der Waals surface area contributed by atoms with Gasteiger partial charge in [-0.1, -0.05) is 12.1 Å². The Labute approximate surface area is 104 Å². The van der Waals surface area contributed by atoms with Crippen LogP contribution in [0.4, 0.5) is 0 Å². The van der Waals surface area contributed by atoms with E-state index in [1.54, 1.807) is 22.7 Å². The van der Waals surface area contributed by atoms with Crippen LogP contribution in [-0.4, -0.2) is 24.7 Å². The van der Waals surface area contributed by atoms with Gasteiger partial charge in [-0.15, -0.1) is 0 Å². The maximum Gasteiger partial charge on any atom is 0.167 e. The molecule has 3 aromatic rings. The minimum Gasteiger partial charge on any atom is -0.507 e. The SMILES string of the molecule is Cc1cc2nc(-c3ccccc3O)nc(C)n2n1. The molecule has 0 aliphatic heterocycles. The van der Waals surface area contributed by atoms with Gasteiger partial charge in [0.05, 0.1) is 11.3 Å². The van der Waals surface area contributed by atoms with Crippen molar-refractivity contribution in [2.45, 2.75) is 13.8 Å². The minimum absolute atomic E-state index is 0.178. The second kappa shape index (κ2) is 3.80. The topological polar surface area (TPSA) is 63.3 Å². The van der Waals surface area contributed by atoms with Gasteiger partial charge >= 0.3 is 0 Å². The highest BCUT2D eigenvalue weighted by Gasteiger charge is 2.10. The van der Waals surface area contributed by atoms with Crippen molar-refractivity contribution in [3.05, 3.63) is 41.9 Å². The largest absolute Gasteiger partial charge is 0.507 e. The van der Waals surface area contributed by atoms with E-state index in [4.69, 9.17) is 0 Å². The van der Waals surface area contributed by atoms with Gasteiger partial charge in [-0.2, -0.15) is 5.10 Å². The van der Waals surface area contributed by atoms with Crippen molar-refractivity contribution < 1.29 is 5.11 Å². The molecule has 3 rings (SSSR count). The van der Waals surface area contributed by atoms with Crippen LogP contribution in [0.25, 0.3) is 17.0 Å². The number of rotatable bonds is 1. The predicted molar refractivity (Wildman–Crippen MR) is 67.4 cm³/mol. The summed E-state index contributed by atoms with van der Waals surface area (Å²) in [5.41, 5.74) is 2.25. The number of phenols is 1. The van der Waals surface area contributed by atoms with Crippen LogP contribution in [0.3, 0.4) is 0 Å². The van der Waals surface area contributed by atoms with Crippen LogP contribution in [0, 0.1) is 13.8 Å². The van der Waals surface area contributed by atoms with Gasteiger partial charge in [0.25, 0.3) is 0 Å². The Morgan fingerprint density at radius 2 is 1.89 bits per heavy atom. The van der Waals surface area contributed by atoms with Gasteiger partial charge in [0.15, 0.2) is 11.5 Å². The van der Waals surface area contributed by atoms with E-state index in [2.05, 4.69) is 15.1 Å². The lowest BCUT2D eigenvalue weighted by Gasteiger charge is -2.05. The number of fused-ring (bicyclic) bond motifs is 1. The second-order valence-electron chi connectivity index (χ2n) is 4.17. The summed E-state index contributed by atoms with van der Waals surface area (Å²) in [5.74, 6) is 1.43. The number of aromatic hydroxyl groups is 1. The molecule has 2 aromatic heterocycles. The first-order valence-corrected chi connectivity index (χ1v) is 5.64. The Hall–Kier alpha value is -2.43. The summed E-state index contributed by atoms with van der Waals surface area (Å²) in [6.45, 7) is 3.78. The zero-order valence-corrected chi connectivity index (χ0v) is 10.1. The third-order valence-electron chi connectivity index (χ3n) is 2.75. The molecule has 90 valence electrons. The van der Waals surface area contributed by atoms with Gasteiger partial charge < -0.3 is 5.11 Å². The lowest BCUT2D eigenvalue weighted by molar-refractivity contribution is 0.477. The van der Waals surface area contributed by atoms with Crippen molar-refractivity contribution in [1.29, 1.82) is 0 Å². The number of aryl methyl sites for hydroxylation is 2. The van der Waals surface area contributed by atoms with Crippen molar-refractivity contribution in [2.75, 3.05) is 0 Å².